The fourth-order valence-corrected chi connectivity index (χ4v) is 3.57. The van der Waals surface area contributed by atoms with Crippen LogP contribution >= 0.6 is 0 Å². The number of nitrogens with zero attached hydrogens (tertiary/aromatic N) is 5. The highest BCUT2D eigenvalue weighted by molar-refractivity contribution is 5.76. The Bertz CT molecular complexity index is 1010. The number of carbonyl (C=O) groups excluding carboxylic acids is 1. The molecule has 0 N–H and O–H groups in total. The van der Waals surface area contributed by atoms with E-state index in [0.717, 1.165) is 35.9 Å². The van der Waals surface area contributed by atoms with Crippen molar-refractivity contribution in [2.24, 2.45) is 0 Å². The van der Waals surface area contributed by atoms with Gasteiger partial charge in [0, 0.05) is 43.6 Å². The van der Waals surface area contributed by atoms with Crippen LogP contribution in [-0.2, 0) is 11.3 Å². The molecule has 3 aromatic rings. The first-order valence-corrected chi connectivity index (χ1v) is 9.76. The Morgan fingerprint density at radius 3 is 2.55 bits per heavy atom. The Kier molecular flexibility index (Phi) is 5.29. The van der Waals surface area contributed by atoms with Gasteiger partial charge >= 0.3 is 0 Å². The van der Waals surface area contributed by atoms with Gasteiger partial charge in [0.15, 0.2) is 0 Å². The van der Waals surface area contributed by atoms with E-state index in [-0.39, 0.29) is 18.3 Å². The van der Waals surface area contributed by atoms with E-state index in [1.54, 1.807) is 29.9 Å². The third-order valence-electron chi connectivity index (χ3n) is 5.33. The molecule has 0 atom stereocenters. The summed E-state index contributed by atoms with van der Waals surface area (Å²) in [5.74, 6) is 0.769. The van der Waals surface area contributed by atoms with Gasteiger partial charge in [-0.1, -0.05) is 6.07 Å². The molecule has 1 fully saturated rings. The summed E-state index contributed by atoms with van der Waals surface area (Å²) in [5, 5.41) is 4.57. The van der Waals surface area contributed by atoms with Crippen LogP contribution in [0.4, 0.5) is 10.2 Å². The molecule has 0 unspecified atom stereocenters. The maximum atomic E-state index is 13.5. The van der Waals surface area contributed by atoms with Gasteiger partial charge in [0.2, 0.25) is 5.91 Å². The minimum absolute atomic E-state index is 0.0544. The number of amides is 1. The van der Waals surface area contributed by atoms with Crippen molar-refractivity contribution in [3.8, 4) is 11.3 Å². The maximum absolute atomic E-state index is 13.5. The second-order valence-electron chi connectivity index (χ2n) is 7.35. The third-order valence-corrected chi connectivity index (χ3v) is 5.33. The normalized spacial score (nSPS) is 14.3. The Hall–Kier alpha value is -3.22. The van der Waals surface area contributed by atoms with Crippen LogP contribution in [0, 0.1) is 19.7 Å². The first kappa shape index (κ1) is 19.1. The summed E-state index contributed by atoms with van der Waals surface area (Å²) < 4.78 is 15.3. The Morgan fingerprint density at radius 2 is 1.86 bits per heavy atom. The van der Waals surface area contributed by atoms with Crippen LogP contribution in [0.1, 0.15) is 11.3 Å². The zero-order valence-corrected chi connectivity index (χ0v) is 16.7. The lowest BCUT2D eigenvalue weighted by Gasteiger charge is -2.35. The van der Waals surface area contributed by atoms with Gasteiger partial charge in [-0.25, -0.2) is 9.37 Å². The molecule has 0 bridgehead atoms. The summed E-state index contributed by atoms with van der Waals surface area (Å²) in [7, 11) is 0. The predicted molar refractivity (Wildman–Crippen MR) is 110 cm³/mol. The van der Waals surface area contributed by atoms with Gasteiger partial charge in [-0.05, 0) is 55.8 Å². The van der Waals surface area contributed by atoms with E-state index in [9.17, 15) is 9.18 Å². The Balaban J connectivity index is 1.40. The molecule has 0 saturated carbocycles. The molecule has 150 valence electrons. The second-order valence-corrected chi connectivity index (χ2v) is 7.35. The minimum atomic E-state index is -0.232. The van der Waals surface area contributed by atoms with Crippen LogP contribution in [0.2, 0.25) is 0 Å². The average Bonchev–Trinajstić information content (AvgIpc) is 3.11. The van der Waals surface area contributed by atoms with E-state index in [2.05, 4.69) is 15.0 Å². The summed E-state index contributed by atoms with van der Waals surface area (Å²) in [6, 6.07) is 12.7. The summed E-state index contributed by atoms with van der Waals surface area (Å²) in [6.45, 7) is 6.73. The topological polar surface area (TPSA) is 54.3 Å². The van der Waals surface area contributed by atoms with Gasteiger partial charge in [0.05, 0.1) is 5.69 Å². The van der Waals surface area contributed by atoms with Gasteiger partial charge < -0.3 is 9.80 Å². The molecule has 1 aliphatic heterocycles. The molecule has 1 aliphatic rings. The molecule has 2 aromatic heterocycles. The first-order chi connectivity index (χ1) is 14.0. The van der Waals surface area contributed by atoms with Crippen molar-refractivity contribution in [3.05, 3.63) is 65.7 Å². The molecule has 29 heavy (non-hydrogen) atoms. The lowest BCUT2D eigenvalue weighted by atomic mass is 10.1. The molecule has 0 aliphatic carbocycles. The summed E-state index contributed by atoms with van der Waals surface area (Å²) >= 11 is 0. The van der Waals surface area contributed by atoms with Crippen LogP contribution in [-0.4, -0.2) is 51.8 Å². The van der Waals surface area contributed by atoms with Gasteiger partial charge in [0.25, 0.3) is 0 Å². The number of carbonyl (C=O) groups is 1. The van der Waals surface area contributed by atoms with Crippen LogP contribution in [0.15, 0.2) is 48.7 Å². The smallest absolute Gasteiger partial charge is 0.244 e. The second kappa shape index (κ2) is 8.03. The first-order valence-electron chi connectivity index (χ1n) is 9.76. The van der Waals surface area contributed by atoms with Crippen molar-refractivity contribution in [2.75, 3.05) is 31.1 Å². The molecule has 1 aromatic carbocycles. The highest BCUT2D eigenvalue weighted by atomic mass is 19.1. The number of halogens is 1. The van der Waals surface area contributed by atoms with Crippen molar-refractivity contribution in [3.63, 3.8) is 0 Å². The van der Waals surface area contributed by atoms with Gasteiger partial charge in [-0.2, -0.15) is 5.10 Å². The Morgan fingerprint density at radius 1 is 1.07 bits per heavy atom. The number of pyridine rings is 1. The van der Waals surface area contributed by atoms with Crippen molar-refractivity contribution < 1.29 is 9.18 Å². The fourth-order valence-electron chi connectivity index (χ4n) is 3.57. The van der Waals surface area contributed by atoms with Gasteiger partial charge in [0.1, 0.15) is 18.2 Å². The number of aryl methyl sites for hydroxylation is 2. The minimum Gasteiger partial charge on any atom is -0.353 e. The third kappa shape index (κ3) is 4.13. The van der Waals surface area contributed by atoms with Crippen molar-refractivity contribution in [1.29, 1.82) is 0 Å². The number of hydrogen-bond acceptors (Lipinski definition) is 4. The number of aromatic nitrogens is 3. The monoisotopic (exact) mass is 393 g/mol. The van der Waals surface area contributed by atoms with E-state index in [1.807, 2.05) is 36.1 Å². The zero-order chi connectivity index (χ0) is 20.4. The molecular formula is C22H24FN5O. The maximum Gasteiger partial charge on any atom is 0.244 e. The van der Waals surface area contributed by atoms with Gasteiger partial charge in [-0.15, -0.1) is 0 Å². The molecular weight excluding hydrogens is 369 g/mol. The van der Waals surface area contributed by atoms with Crippen molar-refractivity contribution in [2.45, 2.75) is 20.4 Å². The van der Waals surface area contributed by atoms with E-state index < -0.39 is 0 Å². The largest absolute Gasteiger partial charge is 0.353 e. The molecule has 1 saturated heterocycles. The van der Waals surface area contributed by atoms with Gasteiger partial charge in [-0.3, -0.25) is 9.48 Å². The molecule has 0 radical (unpaired) electrons. The number of anilines is 1. The summed E-state index contributed by atoms with van der Waals surface area (Å²) in [5.41, 5.74) is 3.08. The zero-order valence-electron chi connectivity index (χ0n) is 16.7. The fraction of sp³-hybridized carbons (Fsp3) is 0.318. The van der Waals surface area contributed by atoms with Crippen LogP contribution < -0.4 is 4.90 Å². The van der Waals surface area contributed by atoms with E-state index in [4.69, 9.17) is 0 Å². The standard InChI is InChI=1S/C22H24FN5O/c1-16-13-18(6-7-19(16)23)20-14-17(2)28(25-20)15-22(29)27-11-9-26(10-12-27)21-5-3-4-8-24-21/h3-8,13-14H,9-12,15H2,1-2H3. The number of hydrogen-bond donors (Lipinski definition) is 0. The lowest BCUT2D eigenvalue weighted by Crippen LogP contribution is -2.50. The van der Waals surface area contributed by atoms with E-state index in [0.29, 0.717) is 18.7 Å². The lowest BCUT2D eigenvalue weighted by molar-refractivity contribution is -0.132. The van der Waals surface area contributed by atoms with E-state index >= 15 is 0 Å². The molecule has 3 heterocycles. The predicted octanol–water partition coefficient (Wildman–Crippen LogP) is 3.05. The number of benzene rings is 1. The van der Waals surface area contributed by atoms with Crippen LogP contribution in [0.25, 0.3) is 11.3 Å². The summed E-state index contributed by atoms with van der Waals surface area (Å²) in [4.78, 5) is 21.2. The number of piperazine rings is 1. The molecule has 4 rings (SSSR count). The Labute approximate surface area is 169 Å². The van der Waals surface area contributed by atoms with Crippen LogP contribution in [0.5, 0.6) is 0 Å². The SMILES string of the molecule is Cc1cc(-c2cc(C)n(CC(=O)N3CCN(c4ccccn4)CC3)n2)ccc1F. The van der Waals surface area contributed by atoms with Crippen LogP contribution in [0.3, 0.4) is 0 Å². The van der Waals surface area contributed by atoms with Crippen molar-refractivity contribution >= 4 is 11.7 Å². The highest BCUT2D eigenvalue weighted by Gasteiger charge is 2.22. The number of rotatable bonds is 4. The quantitative estimate of drug-likeness (QED) is 0.684. The molecule has 1 amide bonds. The van der Waals surface area contributed by atoms with E-state index in [1.165, 1.54) is 6.07 Å². The molecule has 6 nitrogen and oxygen atoms in total. The highest BCUT2D eigenvalue weighted by Crippen LogP contribution is 2.22. The van der Waals surface area contributed by atoms with Crippen molar-refractivity contribution in [1.82, 2.24) is 19.7 Å². The summed E-state index contributed by atoms with van der Waals surface area (Å²) in [6.07, 6.45) is 1.79. The molecule has 0 spiro atoms. The molecule has 7 heteroatoms. The average molecular weight is 393 g/mol.